The van der Waals surface area contributed by atoms with Crippen LogP contribution in [0.5, 0.6) is 0 Å². The summed E-state index contributed by atoms with van der Waals surface area (Å²) in [6, 6.07) is 0. The van der Waals surface area contributed by atoms with Crippen molar-refractivity contribution in [1.29, 1.82) is 0 Å². The molecule has 0 bridgehead atoms. The summed E-state index contributed by atoms with van der Waals surface area (Å²) in [6.07, 6.45) is 4.22. The second-order valence-electron chi connectivity index (χ2n) is 6.35. The maximum atomic E-state index is 5.99. The minimum Gasteiger partial charge on any atom is -0.380 e. The van der Waals surface area contributed by atoms with Gasteiger partial charge in [-0.1, -0.05) is 20.8 Å². The van der Waals surface area contributed by atoms with E-state index in [9.17, 15) is 0 Å². The van der Waals surface area contributed by atoms with E-state index < -0.39 is 0 Å². The maximum Gasteiger partial charge on any atom is 0.0594 e. The summed E-state index contributed by atoms with van der Waals surface area (Å²) in [7, 11) is 0. The molecular weight excluding hydrogens is 226 g/mol. The van der Waals surface area contributed by atoms with Gasteiger partial charge in [0.15, 0.2) is 0 Å². The third-order valence-corrected chi connectivity index (χ3v) is 3.61. The number of nitrogens with one attached hydrogen (secondary N) is 1. The fourth-order valence-corrected chi connectivity index (χ4v) is 3.10. The SMILES string of the molecule is CCOCCNCCOC1CC(C)CC(C)(C)C1. The van der Waals surface area contributed by atoms with Crippen molar-refractivity contribution in [3.8, 4) is 0 Å². The van der Waals surface area contributed by atoms with Crippen molar-refractivity contribution in [2.24, 2.45) is 11.3 Å². The number of rotatable bonds is 8. The molecule has 0 aromatic carbocycles. The van der Waals surface area contributed by atoms with Gasteiger partial charge in [-0.15, -0.1) is 0 Å². The zero-order chi connectivity index (χ0) is 13.4. The molecule has 0 saturated heterocycles. The molecular formula is C15H31NO2. The standard InChI is InChI=1S/C15H31NO2/c1-5-17-8-6-16-7-9-18-14-10-13(2)11-15(3,4)12-14/h13-14,16H,5-12H2,1-4H3. The summed E-state index contributed by atoms with van der Waals surface area (Å²) in [6.45, 7) is 13.4. The van der Waals surface area contributed by atoms with Gasteiger partial charge in [0.1, 0.15) is 0 Å². The molecule has 1 N–H and O–H groups in total. The van der Waals surface area contributed by atoms with E-state index in [-0.39, 0.29) is 0 Å². The van der Waals surface area contributed by atoms with Gasteiger partial charge in [-0.2, -0.15) is 0 Å². The number of ether oxygens (including phenoxy) is 2. The minimum absolute atomic E-state index is 0.449. The molecule has 0 aromatic heterocycles. The zero-order valence-corrected chi connectivity index (χ0v) is 12.6. The fourth-order valence-electron chi connectivity index (χ4n) is 3.10. The lowest BCUT2D eigenvalue weighted by Crippen LogP contribution is -2.34. The van der Waals surface area contributed by atoms with Crippen LogP contribution in [0.15, 0.2) is 0 Å². The van der Waals surface area contributed by atoms with Crippen LogP contribution in [0.1, 0.15) is 47.0 Å². The quantitative estimate of drug-likeness (QED) is 0.678. The van der Waals surface area contributed by atoms with Crippen LogP contribution in [0.3, 0.4) is 0 Å². The lowest BCUT2D eigenvalue weighted by atomic mass is 9.71. The Morgan fingerprint density at radius 1 is 1.17 bits per heavy atom. The van der Waals surface area contributed by atoms with Crippen LogP contribution in [0.2, 0.25) is 0 Å². The van der Waals surface area contributed by atoms with Gasteiger partial charge >= 0.3 is 0 Å². The lowest BCUT2D eigenvalue weighted by molar-refractivity contribution is -0.0215. The summed E-state index contributed by atoms with van der Waals surface area (Å²) in [5.74, 6) is 0.796. The van der Waals surface area contributed by atoms with E-state index in [1.165, 1.54) is 19.3 Å². The predicted molar refractivity (Wildman–Crippen MR) is 75.9 cm³/mol. The molecule has 3 heteroatoms. The molecule has 0 radical (unpaired) electrons. The van der Waals surface area contributed by atoms with Crippen LogP contribution in [-0.2, 0) is 9.47 Å². The Morgan fingerprint density at radius 3 is 2.56 bits per heavy atom. The van der Waals surface area contributed by atoms with Gasteiger partial charge in [-0.05, 0) is 37.5 Å². The summed E-state index contributed by atoms with van der Waals surface area (Å²) in [5.41, 5.74) is 0.449. The first-order chi connectivity index (χ1) is 8.53. The monoisotopic (exact) mass is 257 g/mol. The summed E-state index contributed by atoms with van der Waals surface area (Å²) < 4.78 is 11.3. The molecule has 0 aromatic rings. The molecule has 2 unspecified atom stereocenters. The summed E-state index contributed by atoms with van der Waals surface area (Å²) in [5, 5.41) is 3.34. The molecule has 1 aliphatic rings. The molecule has 1 fully saturated rings. The summed E-state index contributed by atoms with van der Waals surface area (Å²) >= 11 is 0. The van der Waals surface area contributed by atoms with E-state index in [2.05, 4.69) is 26.1 Å². The minimum atomic E-state index is 0.449. The molecule has 0 aliphatic heterocycles. The van der Waals surface area contributed by atoms with Gasteiger partial charge in [-0.3, -0.25) is 0 Å². The van der Waals surface area contributed by atoms with Crippen LogP contribution >= 0.6 is 0 Å². The third-order valence-electron chi connectivity index (χ3n) is 3.61. The third kappa shape index (κ3) is 6.72. The van der Waals surface area contributed by atoms with E-state index in [4.69, 9.17) is 9.47 Å². The van der Waals surface area contributed by atoms with Gasteiger partial charge < -0.3 is 14.8 Å². The van der Waals surface area contributed by atoms with E-state index >= 15 is 0 Å². The molecule has 1 saturated carbocycles. The van der Waals surface area contributed by atoms with E-state index in [0.717, 1.165) is 38.8 Å². The Hall–Kier alpha value is -0.120. The molecule has 18 heavy (non-hydrogen) atoms. The Bertz CT molecular complexity index is 219. The van der Waals surface area contributed by atoms with E-state index in [1.807, 2.05) is 6.92 Å². The first-order valence-corrected chi connectivity index (χ1v) is 7.43. The van der Waals surface area contributed by atoms with Gasteiger partial charge in [0.2, 0.25) is 0 Å². The average Bonchev–Trinajstić information content (AvgIpc) is 2.25. The second kappa shape index (κ2) is 8.13. The van der Waals surface area contributed by atoms with E-state index in [0.29, 0.717) is 11.5 Å². The predicted octanol–water partition coefficient (Wildman–Crippen LogP) is 2.84. The van der Waals surface area contributed by atoms with Crippen molar-refractivity contribution in [3.05, 3.63) is 0 Å². The molecule has 0 heterocycles. The normalized spacial score (nSPS) is 27.3. The summed E-state index contributed by atoms with van der Waals surface area (Å²) in [4.78, 5) is 0. The van der Waals surface area contributed by atoms with Gasteiger partial charge in [0.25, 0.3) is 0 Å². The highest BCUT2D eigenvalue weighted by Gasteiger charge is 2.32. The molecule has 108 valence electrons. The number of hydrogen-bond donors (Lipinski definition) is 1. The van der Waals surface area contributed by atoms with Gasteiger partial charge in [0.05, 0.1) is 19.3 Å². The van der Waals surface area contributed by atoms with Crippen LogP contribution in [0.4, 0.5) is 0 Å². The Labute approximate surface area is 113 Å². The maximum absolute atomic E-state index is 5.99. The second-order valence-corrected chi connectivity index (χ2v) is 6.35. The van der Waals surface area contributed by atoms with Crippen molar-refractivity contribution < 1.29 is 9.47 Å². The molecule has 0 spiro atoms. The van der Waals surface area contributed by atoms with Crippen molar-refractivity contribution >= 4 is 0 Å². The van der Waals surface area contributed by atoms with Crippen LogP contribution < -0.4 is 5.32 Å². The van der Waals surface area contributed by atoms with Gasteiger partial charge in [0, 0.05) is 19.7 Å². The first-order valence-electron chi connectivity index (χ1n) is 7.43. The first kappa shape index (κ1) is 15.9. The smallest absolute Gasteiger partial charge is 0.0594 e. The van der Waals surface area contributed by atoms with Gasteiger partial charge in [-0.25, -0.2) is 0 Å². The lowest BCUT2D eigenvalue weighted by Gasteiger charge is -2.38. The molecule has 3 nitrogen and oxygen atoms in total. The van der Waals surface area contributed by atoms with Crippen molar-refractivity contribution in [2.45, 2.75) is 53.1 Å². The molecule has 1 rings (SSSR count). The highest BCUT2D eigenvalue weighted by molar-refractivity contribution is 4.83. The van der Waals surface area contributed by atoms with Crippen LogP contribution in [0.25, 0.3) is 0 Å². The topological polar surface area (TPSA) is 30.5 Å². The zero-order valence-electron chi connectivity index (χ0n) is 12.6. The van der Waals surface area contributed by atoms with Crippen LogP contribution in [0, 0.1) is 11.3 Å². The van der Waals surface area contributed by atoms with E-state index in [1.54, 1.807) is 0 Å². The Morgan fingerprint density at radius 2 is 1.89 bits per heavy atom. The molecule has 2 atom stereocenters. The Kier molecular flexibility index (Phi) is 7.20. The highest BCUT2D eigenvalue weighted by Crippen LogP contribution is 2.39. The average molecular weight is 257 g/mol. The largest absolute Gasteiger partial charge is 0.380 e. The highest BCUT2D eigenvalue weighted by atomic mass is 16.5. The van der Waals surface area contributed by atoms with Crippen molar-refractivity contribution in [1.82, 2.24) is 5.32 Å². The molecule has 1 aliphatic carbocycles. The van der Waals surface area contributed by atoms with Crippen molar-refractivity contribution in [2.75, 3.05) is 32.9 Å². The Balaban J connectivity index is 2.04. The fraction of sp³-hybridized carbons (Fsp3) is 1.00. The molecule has 0 amide bonds. The van der Waals surface area contributed by atoms with Crippen LogP contribution in [-0.4, -0.2) is 39.0 Å². The van der Waals surface area contributed by atoms with Crippen molar-refractivity contribution in [3.63, 3.8) is 0 Å². The number of hydrogen-bond acceptors (Lipinski definition) is 3.